The highest BCUT2D eigenvalue weighted by atomic mass is 32.2. The van der Waals surface area contributed by atoms with E-state index in [1.807, 2.05) is 0 Å². The van der Waals surface area contributed by atoms with Gasteiger partial charge in [-0.3, -0.25) is 4.31 Å². The lowest BCUT2D eigenvalue weighted by Crippen LogP contribution is -2.64. The molecule has 0 N–H and O–H groups in total. The molecule has 0 bridgehead atoms. The van der Waals surface area contributed by atoms with Crippen molar-refractivity contribution in [3.63, 3.8) is 0 Å². The molecule has 0 saturated heterocycles. The summed E-state index contributed by atoms with van der Waals surface area (Å²) in [6.07, 6.45) is -7.16. The SMILES string of the molecule is CCOC(=O)C(C)=CN(C)S(=O)(=O)C(F)(F)C(F)(F)C(F)(F)C(F)(F)F. The Morgan fingerprint density at radius 2 is 1.42 bits per heavy atom. The van der Waals surface area contributed by atoms with E-state index in [2.05, 4.69) is 4.74 Å². The van der Waals surface area contributed by atoms with Crippen LogP contribution in [0.3, 0.4) is 0 Å². The van der Waals surface area contributed by atoms with Gasteiger partial charge in [0.2, 0.25) is 0 Å². The van der Waals surface area contributed by atoms with Crippen LogP contribution in [-0.4, -0.2) is 55.6 Å². The van der Waals surface area contributed by atoms with Gasteiger partial charge in [0.25, 0.3) is 0 Å². The average Bonchev–Trinajstić information content (AvgIpc) is 2.45. The van der Waals surface area contributed by atoms with Gasteiger partial charge in [0.15, 0.2) is 0 Å². The van der Waals surface area contributed by atoms with Crippen LogP contribution < -0.4 is 0 Å². The van der Waals surface area contributed by atoms with Gasteiger partial charge in [-0.15, -0.1) is 0 Å². The molecule has 15 heteroatoms. The van der Waals surface area contributed by atoms with Crippen molar-refractivity contribution in [2.45, 2.75) is 37.1 Å². The summed E-state index contributed by atoms with van der Waals surface area (Å²) in [6.45, 7) is 1.86. The second kappa shape index (κ2) is 7.15. The van der Waals surface area contributed by atoms with E-state index in [9.17, 15) is 52.7 Å². The minimum Gasteiger partial charge on any atom is -0.463 e. The maximum atomic E-state index is 13.6. The summed E-state index contributed by atoms with van der Waals surface area (Å²) in [6, 6.07) is 0. The molecule has 0 saturated carbocycles. The van der Waals surface area contributed by atoms with Gasteiger partial charge in [-0.1, -0.05) is 0 Å². The van der Waals surface area contributed by atoms with Crippen LogP contribution in [0, 0.1) is 0 Å². The van der Waals surface area contributed by atoms with E-state index >= 15 is 0 Å². The molecular weight excluding hydrogens is 413 g/mol. The molecular formula is C11H12F9NO4S. The number of alkyl halides is 9. The van der Waals surface area contributed by atoms with Crippen LogP contribution in [-0.2, 0) is 19.6 Å². The minimum atomic E-state index is -7.36. The van der Waals surface area contributed by atoms with E-state index in [1.54, 1.807) is 0 Å². The number of carbonyl (C=O) groups is 1. The quantitative estimate of drug-likeness (QED) is 0.357. The molecule has 0 aliphatic rings. The van der Waals surface area contributed by atoms with Crippen molar-refractivity contribution in [1.29, 1.82) is 0 Å². The standard InChI is InChI=1S/C11H12F9NO4S/c1-4-25-7(22)6(2)5-21(3)26(23,24)11(19,20)9(14,15)8(12,13)10(16,17)18/h5H,4H2,1-3H3. The number of halogens is 9. The normalized spacial score (nSPS) is 15.0. The third kappa shape index (κ3) is 3.86. The largest absolute Gasteiger partial charge is 0.463 e. The Hall–Kier alpha value is -1.67. The topological polar surface area (TPSA) is 63.7 Å². The lowest BCUT2D eigenvalue weighted by Gasteiger charge is -2.34. The number of ether oxygens (including phenoxy) is 1. The summed E-state index contributed by atoms with van der Waals surface area (Å²) in [5.74, 6) is -16.0. The number of rotatable bonds is 7. The van der Waals surface area contributed by atoms with Crippen LogP contribution in [0.25, 0.3) is 0 Å². The average molecular weight is 425 g/mol. The van der Waals surface area contributed by atoms with Gasteiger partial charge in [0, 0.05) is 13.2 Å². The second-order valence-corrected chi connectivity index (χ2v) is 6.76. The Labute approximate surface area is 141 Å². The Bertz CT molecular complexity index is 670. The Morgan fingerprint density at radius 3 is 1.77 bits per heavy atom. The fourth-order valence-electron chi connectivity index (χ4n) is 1.34. The van der Waals surface area contributed by atoms with Gasteiger partial charge in [-0.2, -0.15) is 47.9 Å². The summed E-state index contributed by atoms with van der Waals surface area (Å²) >= 11 is 0. The van der Waals surface area contributed by atoms with Gasteiger partial charge in [-0.25, -0.2) is 4.79 Å². The molecule has 0 atom stereocenters. The molecule has 0 aromatic heterocycles. The first-order chi connectivity index (χ1) is 11.3. The number of hydrogen-bond acceptors (Lipinski definition) is 4. The monoisotopic (exact) mass is 425 g/mol. The maximum Gasteiger partial charge on any atom is 0.460 e. The van der Waals surface area contributed by atoms with E-state index in [4.69, 9.17) is 0 Å². The zero-order valence-corrected chi connectivity index (χ0v) is 14.0. The summed E-state index contributed by atoms with van der Waals surface area (Å²) in [7, 11) is -6.66. The van der Waals surface area contributed by atoms with Gasteiger partial charge < -0.3 is 4.74 Å². The highest BCUT2D eigenvalue weighted by molar-refractivity contribution is 7.90. The van der Waals surface area contributed by atoms with Crippen LogP contribution in [0.1, 0.15) is 13.8 Å². The van der Waals surface area contributed by atoms with Crippen LogP contribution in [0.15, 0.2) is 11.8 Å². The first-order valence-corrected chi connectivity index (χ1v) is 7.76. The molecule has 154 valence electrons. The summed E-state index contributed by atoms with van der Waals surface area (Å²) in [5, 5.41) is -6.88. The lowest BCUT2D eigenvalue weighted by atomic mass is 10.1. The van der Waals surface area contributed by atoms with Crippen molar-refractivity contribution < 1.29 is 57.5 Å². The van der Waals surface area contributed by atoms with Crippen molar-refractivity contribution in [2.75, 3.05) is 13.7 Å². The van der Waals surface area contributed by atoms with E-state index in [0.717, 1.165) is 6.92 Å². The highest BCUT2D eigenvalue weighted by Gasteiger charge is 2.85. The molecule has 0 aliphatic heterocycles. The van der Waals surface area contributed by atoms with Crippen molar-refractivity contribution in [1.82, 2.24) is 4.31 Å². The third-order valence-electron chi connectivity index (χ3n) is 2.79. The molecule has 0 aromatic rings. The van der Waals surface area contributed by atoms with Crippen LogP contribution >= 0.6 is 0 Å². The first kappa shape index (κ1) is 24.3. The van der Waals surface area contributed by atoms with Crippen molar-refractivity contribution in [3.8, 4) is 0 Å². The second-order valence-electron chi connectivity index (χ2n) is 4.72. The minimum absolute atomic E-state index is 0.00302. The van der Waals surface area contributed by atoms with Gasteiger partial charge >= 0.3 is 39.3 Å². The van der Waals surface area contributed by atoms with Crippen molar-refractivity contribution in [2.24, 2.45) is 0 Å². The molecule has 0 aromatic carbocycles. The lowest BCUT2D eigenvalue weighted by molar-refractivity contribution is -0.382. The van der Waals surface area contributed by atoms with Crippen molar-refractivity contribution in [3.05, 3.63) is 11.8 Å². The van der Waals surface area contributed by atoms with Crippen molar-refractivity contribution >= 4 is 16.0 Å². The third-order valence-corrected chi connectivity index (χ3v) is 4.56. The number of sulfonamides is 1. The van der Waals surface area contributed by atoms with Crippen LogP contribution in [0.5, 0.6) is 0 Å². The molecule has 0 fully saturated rings. The Balaban J connectivity index is 6.12. The zero-order valence-electron chi connectivity index (χ0n) is 13.2. The molecule has 0 spiro atoms. The van der Waals surface area contributed by atoms with Crippen LogP contribution in [0.4, 0.5) is 39.5 Å². The first-order valence-electron chi connectivity index (χ1n) is 6.32. The predicted octanol–water partition coefficient (Wildman–Crippen LogP) is 3.14. The van der Waals surface area contributed by atoms with E-state index in [1.165, 1.54) is 6.92 Å². The van der Waals surface area contributed by atoms with Crippen LogP contribution in [0.2, 0.25) is 0 Å². The van der Waals surface area contributed by atoms with E-state index in [-0.39, 0.29) is 19.9 Å². The molecule has 26 heavy (non-hydrogen) atoms. The molecule has 0 radical (unpaired) electrons. The number of carbonyl (C=O) groups excluding carboxylic acids is 1. The number of nitrogens with zero attached hydrogens (tertiary/aromatic N) is 1. The molecule has 0 rings (SSSR count). The Kier molecular flexibility index (Phi) is 6.69. The summed E-state index contributed by atoms with van der Waals surface area (Å²) in [5.41, 5.74) is -0.736. The summed E-state index contributed by atoms with van der Waals surface area (Å²) < 4.78 is 142. The summed E-state index contributed by atoms with van der Waals surface area (Å²) in [4.78, 5) is 11.2. The molecule has 5 nitrogen and oxygen atoms in total. The highest BCUT2D eigenvalue weighted by Crippen LogP contribution is 2.55. The molecule has 0 heterocycles. The zero-order chi connectivity index (χ0) is 21.4. The smallest absolute Gasteiger partial charge is 0.460 e. The van der Waals surface area contributed by atoms with Gasteiger partial charge in [-0.05, 0) is 13.8 Å². The number of hydrogen-bond donors (Lipinski definition) is 0. The molecule has 0 amide bonds. The van der Waals surface area contributed by atoms with Gasteiger partial charge in [0.1, 0.15) is 0 Å². The maximum absolute atomic E-state index is 13.6. The van der Waals surface area contributed by atoms with E-state index in [0.29, 0.717) is 0 Å². The Morgan fingerprint density at radius 1 is 1.00 bits per heavy atom. The van der Waals surface area contributed by atoms with E-state index < -0.39 is 49.1 Å². The fraction of sp³-hybridized carbons (Fsp3) is 0.727. The number of esters is 1. The molecule has 0 unspecified atom stereocenters. The molecule has 0 aliphatic carbocycles. The fourth-order valence-corrected chi connectivity index (χ4v) is 2.45. The van der Waals surface area contributed by atoms with Gasteiger partial charge in [0.05, 0.1) is 12.2 Å². The predicted molar refractivity (Wildman–Crippen MR) is 68.0 cm³/mol.